The summed E-state index contributed by atoms with van der Waals surface area (Å²) in [6.45, 7) is 14.7. The summed E-state index contributed by atoms with van der Waals surface area (Å²) in [7, 11) is 0. The van der Waals surface area contributed by atoms with E-state index in [1.807, 2.05) is 86.6 Å². The Labute approximate surface area is 477 Å². The number of aromatic nitrogens is 4. The zero-order valence-electron chi connectivity index (χ0n) is 45.6. The SMILES string of the molecule is C=CC(=O)N1CCN(c2nc(OCCN3CCC(COc4cc([C@@H](C(=O)N5C[C@H](O)C[C@H]5C(=O)N[C@@H](C)c5ccc(-c6scnc6C)cc5)C(C)C)on4)CC3)nc3c(F)c(-c4cc(O)cc5ccccc45)c(Cl)cc23)C[C@@H]1CC#N. The van der Waals surface area contributed by atoms with E-state index in [1.54, 1.807) is 34.4 Å². The summed E-state index contributed by atoms with van der Waals surface area (Å²) in [6.07, 6.45) is 2.16. The lowest BCUT2D eigenvalue weighted by atomic mass is 9.91. The number of β-amino-alcohol motifs (C(OH)–C–C–N with tert-alkyl or cyclic N) is 1. The highest BCUT2D eigenvalue weighted by Crippen LogP contribution is 2.43. The number of aromatic hydroxyl groups is 1. The second-order valence-electron chi connectivity index (χ2n) is 21.4. The van der Waals surface area contributed by atoms with Crippen molar-refractivity contribution in [2.75, 3.05) is 63.9 Å². The number of hydrogen-bond donors (Lipinski definition) is 3. The number of anilines is 1. The van der Waals surface area contributed by atoms with Crippen molar-refractivity contribution in [3.05, 3.63) is 119 Å². The summed E-state index contributed by atoms with van der Waals surface area (Å²) in [5, 5.41) is 40.2. The average Bonchev–Trinajstić information content (AvgIpc) is 4.33. The van der Waals surface area contributed by atoms with Gasteiger partial charge in [-0.1, -0.05) is 80.6 Å². The highest BCUT2D eigenvalue weighted by Gasteiger charge is 2.44. The lowest BCUT2D eigenvalue weighted by Crippen LogP contribution is -2.55. The maximum absolute atomic E-state index is 17.3. The number of hydrogen-bond acceptors (Lipinski definition) is 16. The van der Waals surface area contributed by atoms with E-state index in [-0.39, 0.29) is 108 Å². The van der Waals surface area contributed by atoms with Crippen LogP contribution in [0.4, 0.5) is 10.2 Å². The Hall–Kier alpha value is -7.70. The molecule has 0 saturated carbocycles. The predicted octanol–water partition coefficient (Wildman–Crippen LogP) is 9.23. The molecule has 0 spiro atoms. The Morgan fingerprint density at radius 3 is 2.51 bits per heavy atom. The molecule has 5 atom stereocenters. The number of phenolic OH excluding ortho intramolecular Hbond substituents is 1. The number of halogens is 2. The van der Waals surface area contributed by atoms with Crippen LogP contribution in [0.1, 0.15) is 75.4 Å². The van der Waals surface area contributed by atoms with E-state index in [2.05, 4.69) is 38.0 Å². The van der Waals surface area contributed by atoms with E-state index in [0.717, 1.165) is 47.6 Å². The fourth-order valence-electron chi connectivity index (χ4n) is 11.4. The lowest BCUT2D eigenvalue weighted by Gasteiger charge is -2.41. The minimum atomic E-state index is -0.872. The summed E-state index contributed by atoms with van der Waals surface area (Å²) in [5.74, 6) is -1.65. The quantitative estimate of drug-likeness (QED) is 0.0681. The van der Waals surface area contributed by atoms with Gasteiger partial charge < -0.3 is 44.2 Å². The van der Waals surface area contributed by atoms with Gasteiger partial charge in [-0.05, 0) is 109 Å². The molecular formula is C60H64ClFN10O8S. The summed E-state index contributed by atoms with van der Waals surface area (Å²) in [5.41, 5.74) is 5.14. The Morgan fingerprint density at radius 1 is 1.00 bits per heavy atom. The number of ether oxygens (including phenoxy) is 2. The highest BCUT2D eigenvalue weighted by atomic mass is 35.5. The minimum Gasteiger partial charge on any atom is -0.508 e. The zero-order valence-corrected chi connectivity index (χ0v) is 47.1. The molecule has 7 aromatic rings. The number of aliphatic hydroxyl groups excluding tert-OH is 1. The highest BCUT2D eigenvalue weighted by molar-refractivity contribution is 7.13. The standard InChI is InChI=1S/C60H64ClFN10O8S/c1-6-51(75)71-22-21-70(30-41(71)15-18-63)57-46-28-47(61)53(45-26-42(73)25-40-9-7-8-10-44(40)45)54(62)55(46)66-60(67-57)78-24-23-69-19-16-37(17-20-69)32-79-50-29-49(80-68-50)52(34(2)3)59(77)72-31-43(74)27-48(72)58(76)65-35(4)38-11-13-39(14-12-38)56-36(5)64-33-81-56/h6-14,25-26,28-29,33-35,37,41,43,48,52,73-74H,1,15-17,19-24,27,30-32H2,2-5H3,(H,65,76)/t35-,41-,43+,48-,52-/m0/s1. The molecule has 10 rings (SSSR count). The van der Waals surface area contributed by atoms with Crippen molar-refractivity contribution >= 4 is 68.2 Å². The summed E-state index contributed by atoms with van der Waals surface area (Å²) >= 11 is 8.53. The van der Waals surface area contributed by atoms with Crippen molar-refractivity contribution in [1.82, 2.24) is 40.1 Å². The molecule has 3 N–H and O–H groups in total. The Bertz CT molecular complexity index is 3510. The van der Waals surface area contributed by atoms with Crippen LogP contribution in [-0.4, -0.2) is 140 Å². The molecule has 3 fully saturated rings. The number of rotatable bonds is 18. The van der Waals surface area contributed by atoms with Gasteiger partial charge in [-0.2, -0.15) is 15.2 Å². The number of thiazole rings is 1. The number of piperazine rings is 1. The van der Waals surface area contributed by atoms with Crippen LogP contribution in [0.5, 0.6) is 17.6 Å². The molecule has 3 aliphatic heterocycles. The van der Waals surface area contributed by atoms with Crippen LogP contribution in [0.25, 0.3) is 43.2 Å². The number of carbonyl (C=O) groups is 3. The van der Waals surface area contributed by atoms with Gasteiger partial charge in [0.15, 0.2) is 11.6 Å². The maximum atomic E-state index is 17.3. The summed E-state index contributed by atoms with van der Waals surface area (Å²) < 4.78 is 35.4. The molecule has 3 aromatic heterocycles. The topological polar surface area (TPSA) is 224 Å². The summed E-state index contributed by atoms with van der Waals surface area (Å²) in [4.78, 5) is 63.1. The van der Waals surface area contributed by atoms with Crippen molar-refractivity contribution in [3.63, 3.8) is 0 Å². The van der Waals surface area contributed by atoms with E-state index in [1.165, 1.54) is 17.0 Å². The largest absolute Gasteiger partial charge is 0.508 e. The van der Waals surface area contributed by atoms with Crippen LogP contribution >= 0.6 is 22.9 Å². The number of fused-ring (bicyclic) bond motifs is 2. The van der Waals surface area contributed by atoms with Crippen molar-refractivity contribution in [3.8, 4) is 45.3 Å². The molecule has 3 saturated heterocycles. The van der Waals surface area contributed by atoms with Crippen LogP contribution in [0, 0.1) is 35.9 Å². The number of piperidine rings is 1. The Morgan fingerprint density at radius 2 is 1.78 bits per heavy atom. The first-order valence-electron chi connectivity index (χ1n) is 27.3. The second-order valence-corrected chi connectivity index (χ2v) is 22.7. The van der Waals surface area contributed by atoms with Crippen LogP contribution in [-0.2, 0) is 14.4 Å². The van der Waals surface area contributed by atoms with Gasteiger partial charge in [0, 0.05) is 56.2 Å². The number of nitrogens with zero attached hydrogens (tertiary/aromatic N) is 9. The van der Waals surface area contributed by atoms with Gasteiger partial charge >= 0.3 is 6.01 Å². The maximum Gasteiger partial charge on any atom is 0.319 e. The number of benzene rings is 4. The number of carbonyl (C=O) groups excluding carboxylic acids is 3. The molecule has 18 nitrogen and oxygen atoms in total. The molecule has 21 heteroatoms. The zero-order chi connectivity index (χ0) is 57.1. The van der Waals surface area contributed by atoms with Crippen molar-refractivity contribution in [1.29, 1.82) is 5.26 Å². The first-order chi connectivity index (χ1) is 39.1. The average molecular weight is 1140 g/mol. The predicted molar refractivity (Wildman–Crippen MR) is 306 cm³/mol. The van der Waals surface area contributed by atoms with E-state index < -0.39 is 29.9 Å². The fourth-order valence-corrected chi connectivity index (χ4v) is 12.5. The molecule has 3 amide bonds. The number of nitriles is 1. The third-order valence-corrected chi connectivity index (χ3v) is 17.0. The molecular weight excluding hydrogens is 1080 g/mol. The van der Waals surface area contributed by atoms with Crippen molar-refractivity contribution < 1.29 is 43.0 Å². The number of phenols is 1. The van der Waals surface area contributed by atoms with Crippen molar-refractivity contribution in [2.24, 2.45) is 11.8 Å². The van der Waals surface area contributed by atoms with E-state index in [9.17, 15) is 29.9 Å². The lowest BCUT2D eigenvalue weighted by molar-refractivity contribution is -0.141. The molecule has 0 radical (unpaired) electrons. The van der Waals surface area contributed by atoms with Crippen LogP contribution in [0.2, 0.25) is 5.02 Å². The van der Waals surface area contributed by atoms with E-state index in [4.69, 9.17) is 30.6 Å². The van der Waals surface area contributed by atoms with E-state index in [0.29, 0.717) is 53.0 Å². The number of amides is 3. The molecule has 422 valence electrons. The molecule has 0 unspecified atom stereocenters. The van der Waals surface area contributed by atoms with Gasteiger partial charge in [0.2, 0.25) is 17.7 Å². The molecule has 0 aliphatic carbocycles. The number of nitrogens with one attached hydrogen (secondary N) is 1. The molecule has 0 bridgehead atoms. The number of aryl methyl sites for hydroxylation is 1. The third kappa shape index (κ3) is 12.2. The molecule has 6 heterocycles. The Kier molecular flexibility index (Phi) is 17.2. The van der Waals surface area contributed by atoms with Gasteiger partial charge in [0.1, 0.15) is 35.7 Å². The Balaban J connectivity index is 0.763. The first-order valence-corrected chi connectivity index (χ1v) is 28.5. The van der Waals surface area contributed by atoms with E-state index >= 15 is 4.39 Å². The third-order valence-electron chi connectivity index (χ3n) is 15.7. The molecule has 81 heavy (non-hydrogen) atoms. The molecule has 4 aromatic carbocycles. The summed E-state index contributed by atoms with van der Waals surface area (Å²) in [6, 6.07) is 22.0. The second kappa shape index (κ2) is 24.6. The van der Waals surface area contributed by atoms with Gasteiger partial charge in [0.05, 0.1) is 58.4 Å². The smallest absolute Gasteiger partial charge is 0.319 e. The van der Waals surface area contributed by atoms with Crippen LogP contribution < -0.4 is 19.7 Å². The van der Waals surface area contributed by atoms with Crippen LogP contribution in [0.15, 0.2) is 95.5 Å². The van der Waals surface area contributed by atoms with Gasteiger partial charge in [-0.25, -0.2) is 9.37 Å². The van der Waals surface area contributed by atoms with Crippen molar-refractivity contribution in [2.45, 2.75) is 83.5 Å². The number of likely N-dealkylation sites (tertiary alicyclic amines) is 2. The fraction of sp³-hybridized carbons (Fsp3) is 0.400. The first kappa shape index (κ1) is 56.6. The normalized spacial score (nSPS) is 18.8. The van der Waals surface area contributed by atoms with Gasteiger partial charge in [-0.3, -0.25) is 19.3 Å². The molecule has 3 aliphatic rings. The van der Waals surface area contributed by atoms with Crippen LogP contribution in [0.3, 0.4) is 0 Å². The van der Waals surface area contributed by atoms with Gasteiger partial charge in [0.25, 0.3) is 5.88 Å². The minimum absolute atomic E-state index is 0.0137. The monoisotopic (exact) mass is 1140 g/mol. The van der Waals surface area contributed by atoms with Gasteiger partial charge in [-0.15, -0.1) is 11.3 Å². The number of aliphatic hydroxyl groups is 1.